The third-order valence-electron chi connectivity index (χ3n) is 16.3. The Kier molecular flexibility index (Phi) is 11.6. The highest BCUT2D eigenvalue weighted by Crippen LogP contribution is 2.67. The smallest absolute Gasteiger partial charge is 0.338 e. The van der Waals surface area contributed by atoms with Gasteiger partial charge in [-0.15, -0.1) is 0 Å². The molecule has 3 aromatic rings. The van der Waals surface area contributed by atoms with E-state index in [-0.39, 0.29) is 28.6 Å². The van der Waals surface area contributed by atoms with E-state index in [0.29, 0.717) is 40.2 Å². The molecule has 0 saturated heterocycles. The van der Waals surface area contributed by atoms with Gasteiger partial charge in [-0.25, -0.2) is 4.79 Å². The number of hydrogen-bond donors (Lipinski definition) is 0. The van der Waals surface area contributed by atoms with Crippen molar-refractivity contribution in [2.75, 3.05) is 6.61 Å². The van der Waals surface area contributed by atoms with Crippen LogP contribution in [0.25, 0.3) is 11.1 Å². The highest BCUT2D eigenvalue weighted by atomic mass is 16.5. The van der Waals surface area contributed by atoms with Crippen LogP contribution in [0, 0.1) is 60.2 Å². The summed E-state index contributed by atoms with van der Waals surface area (Å²) >= 11 is 0. The van der Waals surface area contributed by atoms with Crippen LogP contribution in [0.3, 0.4) is 0 Å². The Morgan fingerprint density at radius 3 is 2.20 bits per heavy atom. The fourth-order valence-electron chi connectivity index (χ4n) is 13.1. The molecule has 0 bridgehead atoms. The summed E-state index contributed by atoms with van der Waals surface area (Å²) in [6.45, 7) is 19.4. The zero-order valence-corrected chi connectivity index (χ0v) is 37.2. The molecule has 5 aliphatic rings. The van der Waals surface area contributed by atoms with Gasteiger partial charge in [-0.2, -0.15) is 0 Å². The molecule has 0 aliphatic heterocycles. The maximum absolute atomic E-state index is 13.9. The summed E-state index contributed by atoms with van der Waals surface area (Å²) < 4.78 is 12.3. The lowest BCUT2D eigenvalue weighted by atomic mass is 9.47. The standard InChI is InChI=1S/C54H68O5/c1-9-10-26-58-51-34(5)27-38(28-35(51)6)36-14-17-41-44(29-36)49(55)42-18-15-37(30-45(42)50(41)56)52(57)59-40-22-24-53(7)39(31-40)16-19-43-47-21-20-46(33(4)13-11-12-32(2)3)54(47,8)25-23-48(43)53/h14-18,27-30,32-33,40,43,46-48H,9-13,19-26,31H2,1-8H3/t33?,40-,43?,46+,47?,48?,53-,54+/m0/s1. The Labute approximate surface area is 354 Å². The van der Waals surface area contributed by atoms with E-state index in [2.05, 4.69) is 59.8 Å². The average molecular weight is 797 g/mol. The molecule has 0 radical (unpaired) electrons. The molecular formula is C54H68O5. The van der Waals surface area contributed by atoms with Crippen molar-refractivity contribution in [1.29, 1.82) is 0 Å². The van der Waals surface area contributed by atoms with Gasteiger partial charge >= 0.3 is 5.97 Å². The van der Waals surface area contributed by atoms with Crippen LogP contribution in [0.4, 0.5) is 0 Å². The lowest BCUT2D eigenvalue weighted by Gasteiger charge is -2.58. The van der Waals surface area contributed by atoms with Gasteiger partial charge in [0.25, 0.3) is 0 Å². The molecule has 8 atom stereocenters. The van der Waals surface area contributed by atoms with Gasteiger partial charge in [-0.3, -0.25) is 9.59 Å². The van der Waals surface area contributed by atoms with Crippen molar-refractivity contribution in [3.63, 3.8) is 0 Å². The number of benzene rings is 3. The number of hydrogen-bond acceptors (Lipinski definition) is 5. The molecule has 0 spiro atoms. The monoisotopic (exact) mass is 797 g/mol. The predicted molar refractivity (Wildman–Crippen MR) is 237 cm³/mol. The van der Waals surface area contributed by atoms with Gasteiger partial charge in [0, 0.05) is 28.7 Å². The Bertz CT molecular complexity index is 2130. The predicted octanol–water partition coefficient (Wildman–Crippen LogP) is 13.5. The molecular weight excluding hydrogens is 729 g/mol. The topological polar surface area (TPSA) is 69.7 Å². The molecule has 3 saturated carbocycles. The van der Waals surface area contributed by atoms with E-state index in [4.69, 9.17) is 9.47 Å². The number of allylic oxidation sites excluding steroid dienone is 1. The van der Waals surface area contributed by atoms with E-state index in [0.717, 1.165) is 96.1 Å². The van der Waals surface area contributed by atoms with E-state index >= 15 is 0 Å². The zero-order chi connectivity index (χ0) is 41.8. The SMILES string of the molecule is CCCCOc1c(C)cc(-c2ccc3c(c2)C(=O)c2ccc(C(=O)O[C@H]4CC[C@@]5(C)C(=CCC6C5CC[C@@]5(C)C6CC[C@@H]5C(C)CCCC(C)C)C4)cc2C3=O)cc1C. The van der Waals surface area contributed by atoms with Crippen molar-refractivity contribution in [2.45, 2.75) is 145 Å². The van der Waals surface area contributed by atoms with Crippen LogP contribution < -0.4 is 4.74 Å². The highest BCUT2D eigenvalue weighted by molar-refractivity contribution is 6.29. The molecule has 8 rings (SSSR count). The molecule has 5 nitrogen and oxygen atoms in total. The first-order valence-corrected chi connectivity index (χ1v) is 23.3. The number of carbonyl (C=O) groups is 3. The minimum atomic E-state index is -0.419. The van der Waals surface area contributed by atoms with Gasteiger partial charge in [-0.05, 0) is 176 Å². The number of ether oxygens (including phenoxy) is 2. The molecule has 3 fully saturated rings. The third kappa shape index (κ3) is 7.56. The largest absolute Gasteiger partial charge is 0.493 e. The number of fused-ring (bicyclic) bond motifs is 7. The van der Waals surface area contributed by atoms with Gasteiger partial charge in [0.2, 0.25) is 0 Å². The summed E-state index contributed by atoms with van der Waals surface area (Å²) in [5.74, 6) is 4.79. The molecule has 5 heteroatoms. The quantitative estimate of drug-likeness (QED) is 0.0811. The molecule has 0 N–H and O–H groups in total. The first-order chi connectivity index (χ1) is 28.2. The normalized spacial score (nSPS) is 28.8. The molecule has 3 aromatic carbocycles. The second-order valence-electron chi connectivity index (χ2n) is 20.4. The van der Waals surface area contributed by atoms with E-state index in [1.165, 1.54) is 50.5 Å². The second-order valence-corrected chi connectivity index (χ2v) is 20.4. The minimum absolute atomic E-state index is 0.170. The average Bonchev–Trinajstić information content (AvgIpc) is 3.57. The maximum atomic E-state index is 13.9. The van der Waals surface area contributed by atoms with Crippen LogP contribution in [0.2, 0.25) is 0 Å². The van der Waals surface area contributed by atoms with Crippen LogP contribution >= 0.6 is 0 Å². The van der Waals surface area contributed by atoms with Crippen LogP contribution in [-0.4, -0.2) is 30.2 Å². The van der Waals surface area contributed by atoms with Crippen molar-refractivity contribution in [2.24, 2.45) is 46.3 Å². The number of unbranched alkanes of at least 4 members (excludes halogenated alkanes) is 1. The lowest BCUT2D eigenvalue weighted by Crippen LogP contribution is -2.51. The van der Waals surface area contributed by atoms with Gasteiger partial charge < -0.3 is 9.47 Å². The summed E-state index contributed by atoms with van der Waals surface area (Å²) in [4.78, 5) is 41.6. The molecule has 4 unspecified atom stereocenters. The van der Waals surface area contributed by atoms with Gasteiger partial charge in [0.15, 0.2) is 11.6 Å². The van der Waals surface area contributed by atoms with Crippen molar-refractivity contribution in [3.05, 3.63) is 99.1 Å². The van der Waals surface area contributed by atoms with Crippen molar-refractivity contribution < 1.29 is 23.9 Å². The summed E-state index contributed by atoms with van der Waals surface area (Å²) in [5.41, 5.74) is 7.74. The Balaban J connectivity index is 0.929. The molecule has 59 heavy (non-hydrogen) atoms. The van der Waals surface area contributed by atoms with Crippen LogP contribution in [0.1, 0.15) is 178 Å². The number of aryl methyl sites for hydroxylation is 2. The van der Waals surface area contributed by atoms with Gasteiger partial charge in [0.1, 0.15) is 11.9 Å². The Morgan fingerprint density at radius 1 is 0.780 bits per heavy atom. The number of rotatable bonds is 12. The lowest BCUT2D eigenvalue weighted by molar-refractivity contribution is -0.0594. The number of ketones is 2. The second kappa shape index (κ2) is 16.5. The van der Waals surface area contributed by atoms with E-state index in [1.807, 2.05) is 26.0 Å². The van der Waals surface area contributed by atoms with E-state index in [1.54, 1.807) is 24.3 Å². The van der Waals surface area contributed by atoms with Crippen LogP contribution in [0.15, 0.2) is 60.2 Å². The Morgan fingerprint density at radius 2 is 1.49 bits per heavy atom. The van der Waals surface area contributed by atoms with Crippen molar-refractivity contribution in [3.8, 4) is 16.9 Å². The molecule has 0 aromatic heterocycles. The summed E-state index contributed by atoms with van der Waals surface area (Å²) in [6.07, 6.45) is 17.8. The fraction of sp³-hybridized carbons (Fsp3) is 0.574. The van der Waals surface area contributed by atoms with Crippen LogP contribution in [0.5, 0.6) is 5.75 Å². The van der Waals surface area contributed by atoms with Crippen molar-refractivity contribution in [1.82, 2.24) is 0 Å². The molecule has 5 aliphatic carbocycles. The van der Waals surface area contributed by atoms with E-state index in [9.17, 15) is 14.4 Å². The minimum Gasteiger partial charge on any atom is -0.493 e. The maximum Gasteiger partial charge on any atom is 0.338 e. The fourth-order valence-corrected chi connectivity index (χ4v) is 13.1. The third-order valence-corrected chi connectivity index (χ3v) is 16.3. The molecule has 0 amide bonds. The van der Waals surface area contributed by atoms with Crippen LogP contribution in [-0.2, 0) is 4.74 Å². The first kappa shape index (κ1) is 41.7. The number of esters is 1. The Hall–Kier alpha value is -3.99. The number of carbonyl (C=O) groups excluding carboxylic acids is 3. The summed E-state index contributed by atoms with van der Waals surface area (Å²) in [7, 11) is 0. The summed E-state index contributed by atoms with van der Waals surface area (Å²) in [6, 6.07) is 14.5. The highest BCUT2D eigenvalue weighted by Gasteiger charge is 2.59. The molecule has 0 heterocycles. The van der Waals surface area contributed by atoms with Gasteiger partial charge in [0.05, 0.1) is 12.2 Å². The molecule has 314 valence electrons. The summed E-state index contributed by atoms with van der Waals surface area (Å²) in [5, 5.41) is 0. The van der Waals surface area contributed by atoms with Gasteiger partial charge in [-0.1, -0.05) is 84.9 Å². The first-order valence-electron chi connectivity index (χ1n) is 23.3. The van der Waals surface area contributed by atoms with Crippen molar-refractivity contribution >= 4 is 17.5 Å². The van der Waals surface area contributed by atoms with E-state index < -0.39 is 5.97 Å². The zero-order valence-electron chi connectivity index (χ0n) is 37.2.